The van der Waals surface area contributed by atoms with Gasteiger partial charge in [0.15, 0.2) is 0 Å². The molecule has 0 spiro atoms. The summed E-state index contributed by atoms with van der Waals surface area (Å²) in [5.41, 5.74) is 0.950. The highest BCUT2D eigenvalue weighted by atomic mass is 35.5. The smallest absolute Gasteiger partial charge is 0.252 e. The van der Waals surface area contributed by atoms with Gasteiger partial charge in [0.2, 0.25) is 0 Å². The van der Waals surface area contributed by atoms with Crippen molar-refractivity contribution in [3.63, 3.8) is 0 Å². The summed E-state index contributed by atoms with van der Waals surface area (Å²) in [4.78, 5) is 27.6. The van der Waals surface area contributed by atoms with Gasteiger partial charge in [-0.15, -0.1) is 0 Å². The van der Waals surface area contributed by atoms with Gasteiger partial charge in [0, 0.05) is 31.0 Å². The number of pyridine rings is 1. The van der Waals surface area contributed by atoms with E-state index in [1.54, 1.807) is 30.5 Å². The number of hydrogen-bond donors (Lipinski definition) is 2. The number of nitrogens with zero attached hydrogens (tertiary/aromatic N) is 1. The Balaban J connectivity index is 1.70. The molecule has 1 aromatic carbocycles. The van der Waals surface area contributed by atoms with Crippen LogP contribution in [-0.2, 0) is 0 Å². The van der Waals surface area contributed by atoms with E-state index >= 15 is 0 Å². The summed E-state index contributed by atoms with van der Waals surface area (Å²) in [6, 6.07) is 8.09. The standard InChI is InChI=1S/C16H15Cl2N3O2/c17-13-5-4-11(9-14(13)18)15(22)20-7-2-8-21-16(23)12-3-1-6-19-10-12/h1,3-6,9-10H,2,7-8H2,(H,20,22)(H,21,23). The van der Waals surface area contributed by atoms with Crippen LogP contribution in [0.5, 0.6) is 0 Å². The van der Waals surface area contributed by atoms with Crippen molar-refractivity contribution in [3.05, 3.63) is 63.9 Å². The number of amides is 2. The summed E-state index contributed by atoms with van der Waals surface area (Å²) in [7, 11) is 0. The zero-order chi connectivity index (χ0) is 16.7. The van der Waals surface area contributed by atoms with Gasteiger partial charge < -0.3 is 10.6 Å². The van der Waals surface area contributed by atoms with Gasteiger partial charge in [0.1, 0.15) is 0 Å². The van der Waals surface area contributed by atoms with Crippen molar-refractivity contribution in [1.82, 2.24) is 15.6 Å². The van der Waals surface area contributed by atoms with Crippen LogP contribution >= 0.6 is 23.2 Å². The Morgan fingerprint density at radius 1 is 0.957 bits per heavy atom. The van der Waals surface area contributed by atoms with Crippen LogP contribution in [0.4, 0.5) is 0 Å². The van der Waals surface area contributed by atoms with Crippen LogP contribution in [-0.4, -0.2) is 29.9 Å². The molecule has 0 aliphatic rings. The lowest BCUT2D eigenvalue weighted by molar-refractivity contribution is 0.0951. The van der Waals surface area contributed by atoms with Crippen molar-refractivity contribution < 1.29 is 9.59 Å². The third kappa shape index (κ3) is 5.23. The molecule has 7 heteroatoms. The monoisotopic (exact) mass is 351 g/mol. The molecule has 120 valence electrons. The average molecular weight is 352 g/mol. The molecule has 2 amide bonds. The fraction of sp³-hybridized carbons (Fsp3) is 0.188. The number of rotatable bonds is 6. The lowest BCUT2D eigenvalue weighted by atomic mass is 10.2. The van der Waals surface area contributed by atoms with Gasteiger partial charge in [0.05, 0.1) is 15.6 Å². The Labute approximate surface area is 144 Å². The first-order valence-corrected chi connectivity index (χ1v) is 7.75. The predicted octanol–water partition coefficient (Wildman–Crippen LogP) is 2.94. The summed E-state index contributed by atoms with van der Waals surface area (Å²) in [6.07, 6.45) is 3.72. The van der Waals surface area contributed by atoms with E-state index in [1.807, 2.05) is 0 Å². The van der Waals surface area contributed by atoms with E-state index in [1.165, 1.54) is 12.3 Å². The van der Waals surface area contributed by atoms with E-state index in [2.05, 4.69) is 15.6 Å². The fourth-order valence-electron chi connectivity index (χ4n) is 1.83. The van der Waals surface area contributed by atoms with Crippen molar-refractivity contribution in [2.75, 3.05) is 13.1 Å². The van der Waals surface area contributed by atoms with Crippen LogP contribution in [0.3, 0.4) is 0 Å². The minimum Gasteiger partial charge on any atom is -0.352 e. The van der Waals surface area contributed by atoms with Crippen molar-refractivity contribution in [1.29, 1.82) is 0 Å². The molecule has 0 radical (unpaired) electrons. The lowest BCUT2D eigenvalue weighted by Gasteiger charge is -2.07. The summed E-state index contributed by atoms with van der Waals surface area (Å²) in [5.74, 6) is -0.420. The van der Waals surface area contributed by atoms with Crippen molar-refractivity contribution in [2.45, 2.75) is 6.42 Å². The molecule has 5 nitrogen and oxygen atoms in total. The Morgan fingerprint density at radius 2 is 1.65 bits per heavy atom. The van der Waals surface area contributed by atoms with Crippen LogP contribution in [0, 0.1) is 0 Å². The summed E-state index contributed by atoms with van der Waals surface area (Å²) in [5, 5.41) is 6.26. The zero-order valence-electron chi connectivity index (χ0n) is 12.2. The van der Waals surface area contributed by atoms with Gasteiger partial charge in [0.25, 0.3) is 11.8 Å². The SMILES string of the molecule is O=C(NCCCNC(=O)c1ccc(Cl)c(Cl)c1)c1cccnc1. The molecule has 0 unspecified atom stereocenters. The van der Waals surface area contributed by atoms with Crippen LogP contribution in [0.1, 0.15) is 27.1 Å². The minimum atomic E-state index is -0.234. The van der Waals surface area contributed by atoms with E-state index < -0.39 is 0 Å². The van der Waals surface area contributed by atoms with Crippen LogP contribution in [0.2, 0.25) is 10.0 Å². The normalized spacial score (nSPS) is 10.2. The highest BCUT2D eigenvalue weighted by Gasteiger charge is 2.08. The first-order chi connectivity index (χ1) is 11.1. The molecule has 2 rings (SSSR count). The Bertz CT molecular complexity index is 693. The summed E-state index contributed by atoms with van der Waals surface area (Å²) in [6.45, 7) is 0.891. The van der Waals surface area contributed by atoms with Crippen molar-refractivity contribution in [2.24, 2.45) is 0 Å². The number of carbonyl (C=O) groups excluding carboxylic acids is 2. The van der Waals surface area contributed by atoms with E-state index in [4.69, 9.17) is 23.2 Å². The van der Waals surface area contributed by atoms with Gasteiger partial charge in [-0.25, -0.2) is 0 Å². The molecule has 0 aliphatic heterocycles. The largest absolute Gasteiger partial charge is 0.352 e. The molecule has 0 bridgehead atoms. The molecule has 1 aromatic heterocycles. The van der Waals surface area contributed by atoms with E-state index in [-0.39, 0.29) is 11.8 Å². The van der Waals surface area contributed by atoms with Gasteiger partial charge >= 0.3 is 0 Å². The number of hydrogen-bond acceptors (Lipinski definition) is 3. The first kappa shape index (κ1) is 17.2. The summed E-state index contributed by atoms with van der Waals surface area (Å²) >= 11 is 11.7. The molecule has 2 N–H and O–H groups in total. The van der Waals surface area contributed by atoms with Gasteiger partial charge in [-0.2, -0.15) is 0 Å². The second-order valence-corrected chi connectivity index (χ2v) is 5.55. The Kier molecular flexibility index (Phi) is 6.38. The topological polar surface area (TPSA) is 71.1 Å². The average Bonchev–Trinajstić information content (AvgIpc) is 2.57. The van der Waals surface area contributed by atoms with Gasteiger partial charge in [-0.05, 0) is 36.8 Å². The highest BCUT2D eigenvalue weighted by Crippen LogP contribution is 2.22. The fourth-order valence-corrected chi connectivity index (χ4v) is 2.13. The maximum absolute atomic E-state index is 11.9. The lowest BCUT2D eigenvalue weighted by Crippen LogP contribution is -2.29. The molecule has 0 atom stereocenters. The van der Waals surface area contributed by atoms with E-state index in [9.17, 15) is 9.59 Å². The molecule has 0 saturated heterocycles. The molecule has 23 heavy (non-hydrogen) atoms. The predicted molar refractivity (Wildman–Crippen MR) is 90.0 cm³/mol. The molecule has 1 heterocycles. The zero-order valence-corrected chi connectivity index (χ0v) is 13.7. The van der Waals surface area contributed by atoms with Crippen molar-refractivity contribution >= 4 is 35.0 Å². The number of nitrogens with one attached hydrogen (secondary N) is 2. The minimum absolute atomic E-state index is 0.186. The second kappa shape index (κ2) is 8.50. The molecule has 0 saturated carbocycles. The second-order valence-electron chi connectivity index (χ2n) is 4.74. The van der Waals surface area contributed by atoms with Gasteiger partial charge in [-0.1, -0.05) is 23.2 Å². The maximum atomic E-state index is 11.9. The quantitative estimate of drug-likeness (QED) is 0.786. The molecular weight excluding hydrogens is 337 g/mol. The number of aromatic nitrogens is 1. The van der Waals surface area contributed by atoms with Crippen molar-refractivity contribution in [3.8, 4) is 0 Å². The van der Waals surface area contributed by atoms with E-state index in [0.29, 0.717) is 40.7 Å². The first-order valence-electron chi connectivity index (χ1n) is 6.99. The molecule has 2 aromatic rings. The Hall–Kier alpha value is -2.11. The summed E-state index contributed by atoms with van der Waals surface area (Å²) < 4.78 is 0. The number of carbonyl (C=O) groups is 2. The third-order valence-electron chi connectivity index (χ3n) is 3.03. The van der Waals surface area contributed by atoms with Gasteiger partial charge in [-0.3, -0.25) is 14.6 Å². The molecule has 0 aliphatic carbocycles. The molecular formula is C16H15Cl2N3O2. The Morgan fingerprint density at radius 3 is 2.26 bits per heavy atom. The maximum Gasteiger partial charge on any atom is 0.252 e. The van der Waals surface area contributed by atoms with Crippen LogP contribution < -0.4 is 10.6 Å². The number of halogens is 2. The molecule has 0 fully saturated rings. The van der Waals surface area contributed by atoms with Crippen LogP contribution in [0.15, 0.2) is 42.7 Å². The highest BCUT2D eigenvalue weighted by molar-refractivity contribution is 6.42. The van der Waals surface area contributed by atoms with Crippen LogP contribution in [0.25, 0.3) is 0 Å². The number of benzene rings is 1. The van der Waals surface area contributed by atoms with E-state index in [0.717, 1.165) is 0 Å². The third-order valence-corrected chi connectivity index (χ3v) is 3.77.